The topological polar surface area (TPSA) is 92.4 Å². The lowest BCUT2D eigenvalue weighted by Gasteiger charge is -2.15. The molecule has 2 aromatic heterocycles. The number of ether oxygens (including phenoxy) is 2. The summed E-state index contributed by atoms with van der Waals surface area (Å²) in [5.41, 5.74) is 2.28. The molecule has 3 aromatic rings. The number of hydrogen-bond acceptors (Lipinski definition) is 6. The average Bonchev–Trinajstić information content (AvgIpc) is 3.50. The van der Waals surface area contributed by atoms with Crippen molar-refractivity contribution < 1.29 is 14.3 Å². The Morgan fingerprint density at radius 3 is 3.07 bits per heavy atom. The molecule has 0 unspecified atom stereocenters. The lowest BCUT2D eigenvalue weighted by atomic mass is 10.2. The molecule has 30 heavy (non-hydrogen) atoms. The molecule has 1 amide bonds. The van der Waals surface area contributed by atoms with Gasteiger partial charge in [0.15, 0.2) is 11.5 Å². The van der Waals surface area contributed by atoms with Crippen LogP contribution in [0.25, 0.3) is 11.0 Å². The van der Waals surface area contributed by atoms with Gasteiger partial charge in [-0.3, -0.25) is 4.79 Å². The standard InChI is InChI=1S/C22H19N5O3/c1-2-20(28)27-8-7-16(11-27)26-22-17-10-15(25-21(17)23-12-24-22)5-3-14-4-6-18-19(9-14)30-13-29-18/h2,4,6,9-10,12,16H,1,7-8,11,13H2,(H2,23,24,25,26)/t16-/m1/s1. The van der Waals surface area contributed by atoms with Crippen LogP contribution in [0.2, 0.25) is 0 Å². The van der Waals surface area contributed by atoms with E-state index in [0.717, 1.165) is 34.6 Å². The van der Waals surface area contributed by atoms with Crippen molar-refractivity contribution in [2.75, 3.05) is 25.2 Å². The molecule has 0 saturated carbocycles. The van der Waals surface area contributed by atoms with Crippen LogP contribution in [0, 0.1) is 11.8 Å². The number of aromatic nitrogens is 3. The third-order valence-electron chi connectivity index (χ3n) is 5.16. The minimum Gasteiger partial charge on any atom is -0.454 e. The molecule has 150 valence electrons. The van der Waals surface area contributed by atoms with Crippen LogP contribution < -0.4 is 14.8 Å². The molecule has 0 aliphatic carbocycles. The molecule has 0 radical (unpaired) electrons. The van der Waals surface area contributed by atoms with Crippen LogP contribution in [0.1, 0.15) is 17.7 Å². The number of nitrogens with one attached hydrogen (secondary N) is 2. The molecule has 4 heterocycles. The predicted octanol–water partition coefficient (Wildman–Crippen LogP) is 2.29. The van der Waals surface area contributed by atoms with Gasteiger partial charge in [-0.25, -0.2) is 9.97 Å². The minimum atomic E-state index is -0.0464. The molecule has 2 N–H and O–H groups in total. The summed E-state index contributed by atoms with van der Waals surface area (Å²) in [6, 6.07) is 7.67. The molecule has 1 saturated heterocycles. The van der Waals surface area contributed by atoms with Crippen molar-refractivity contribution in [2.45, 2.75) is 12.5 Å². The number of carbonyl (C=O) groups excluding carboxylic acids is 1. The molecule has 0 spiro atoms. The second-order valence-electron chi connectivity index (χ2n) is 7.10. The lowest BCUT2D eigenvalue weighted by Crippen LogP contribution is -2.30. The zero-order valence-corrected chi connectivity index (χ0v) is 16.1. The highest BCUT2D eigenvalue weighted by Gasteiger charge is 2.25. The molecular formula is C22H19N5O3. The van der Waals surface area contributed by atoms with Crippen LogP contribution in [-0.4, -0.2) is 51.7 Å². The Hall–Kier alpha value is -3.99. The second-order valence-corrected chi connectivity index (χ2v) is 7.10. The summed E-state index contributed by atoms with van der Waals surface area (Å²) in [6.45, 7) is 5.12. The van der Waals surface area contributed by atoms with E-state index >= 15 is 0 Å². The van der Waals surface area contributed by atoms with Crippen molar-refractivity contribution in [2.24, 2.45) is 0 Å². The largest absolute Gasteiger partial charge is 0.454 e. The fourth-order valence-electron chi connectivity index (χ4n) is 3.64. The molecule has 1 fully saturated rings. The van der Waals surface area contributed by atoms with Crippen LogP contribution in [0.3, 0.4) is 0 Å². The first-order valence-corrected chi connectivity index (χ1v) is 9.63. The highest BCUT2D eigenvalue weighted by molar-refractivity contribution is 5.89. The molecule has 8 nitrogen and oxygen atoms in total. The summed E-state index contributed by atoms with van der Waals surface area (Å²) in [5, 5.41) is 4.29. The summed E-state index contributed by atoms with van der Waals surface area (Å²) < 4.78 is 10.7. The Labute approximate surface area is 172 Å². The smallest absolute Gasteiger partial charge is 0.246 e. The zero-order valence-electron chi connectivity index (χ0n) is 16.1. The highest BCUT2D eigenvalue weighted by atomic mass is 16.7. The van der Waals surface area contributed by atoms with Crippen LogP contribution in [0.5, 0.6) is 11.5 Å². The quantitative estimate of drug-likeness (QED) is 0.517. The summed E-state index contributed by atoms with van der Waals surface area (Å²) in [4.78, 5) is 25.5. The molecule has 2 aliphatic rings. The van der Waals surface area contributed by atoms with Gasteiger partial charge in [-0.05, 0) is 42.7 Å². The first kappa shape index (κ1) is 18.1. The Morgan fingerprint density at radius 1 is 1.27 bits per heavy atom. The van der Waals surface area contributed by atoms with Crippen LogP contribution in [-0.2, 0) is 4.79 Å². The van der Waals surface area contributed by atoms with Gasteiger partial charge in [-0.1, -0.05) is 12.5 Å². The van der Waals surface area contributed by atoms with Gasteiger partial charge in [0.2, 0.25) is 12.7 Å². The maximum absolute atomic E-state index is 11.8. The van der Waals surface area contributed by atoms with E-state index in [-0.39, 0.29) is 18.7 Å². The average molecular weight is 401 g/mol. The molecule has 2 aliphatic heterocycles. The van der Waals surface area contributed by atoms with E-state index in [1.807, 2.05) is 24.3 Å². The van der Waals surface area contributed by atoms with Crippen LogP contribution in [0.4, 0.5) is 5.82 Å². The first-order valence-electron chi connectivity index (χ1n) is 9.63. The van der Waals surface area contributed by atoms with E-state index in [9.17, 15) is 4.79 Å². The zero-order chi connectivity index (χ0) is 20.5. The van der Waals surface area contributed by atoms with E-state index in [1.54, 1.807) is 4.90 Å². The second kappa shape index (κ2) is 7.44. The van der Waals surface area contributed by atoms with Gasteiger partial charge in [0.25, 0.3) is 0 Å². The number of likely N-dealkylation sites (tertiary alicyclic amines) is 1. The van der Waals surface area contributed by atoms with Gasteiger partial charge >= 0.3 is 0 Å². The fraction of sp³-hybridized carbons (Fsp3) is 0.227. The summed E-state index contributed by atoms with van der Waals surface area (Å²) in [7, 11) is 0. The monoisotopic (exact) mass is 401 g/mol. The van der Waals surface area contributed by atoms with Gasteiger partial charge < -0.3 is 24.7 Å². The van der Waals surface area contributed by atoms with Gasteiger partial charge in [-0.2, -0.15) is 0 Å². The van der Waals surface area contributed by atoms with E-state index in [4.69, 9.17) is 9.47 Å². The van der Waals surface area contributed by atoms with E-state index < -0.39 is 0 Å². The number of H-pyrrole nitrogens is 1. The molecule has 0 bridgehead atoms. The van der Waals surface area contributed by atoms with Gasteiger partial charge in [0.05, 0.1) is 11.1 Å². The number of aromatic amines is 1. The van der Waals surface area contributed by atoms with Crippen LogP contribution in [0.15, 0.2) is 43.2 Å². The normalized spacial score (nSPS) is 16.9. The highest BCUT2D eigenvalue weighted by Crippen LogP contribution is 2.32. The van der Waals surface area contributed by atoms with Crippen molar-refractivity contribution in [1.29, 1.82) is 0 Å². The molecule has 1 atom stereocenters. The molecule has 5 rings (SSSR count). The maximum atomic E-state index is 11.8. The lowest BCUT2D eigenvalue weighted by molar-refractivity contribution is -0.125. The number of rotatable bonds is 3. The van der Waals surface area contributed by atoms with Crippen molar-refractivity contribution in [1.82, 2.24) is 19.9 Å². The summed E-state index contributed by atoms with van der Waals surface area (Å²) >= 11 is 0. The van der Waals surface area contributed by atoms with Gasteiger partial charge in [0, 0.05) is 24.7 Å². The first-order chi connectivity index (χ1) is 14.7. The van der Waals surface area contributed by atoms with Gasteiger partial charge in [0.1, 0.15) is 17.8 Å². The number of carbonyl (C=O) groups is 1. The third-order valence-corrected chi connectivity index (χ3v) is 5.16. The van der Waals surface area contributed by atoms with E-state index in [0.29, 0.717) is 24.5 Å². The Kier molecular flexibility index (Phi) is 4.48. The minimum absolute atomic E-state index is 0.0464. The number of fused-ring (bicyclic) bond motifs is 2. The molecule has 1 aromatic carbocycles. The summed E-state index contributed by atoms with van der Waals surface area (Å²) in [6.07, 6.45) is 3.71. The molecule has 8 heteroatoms. The van der Waals surface area contributed by atoms with E-state index in [1.165, 1.54) is 12.4 Å². The van der Waals surface area contributed by atoms with Crippen molar-refractivity contribution in [3.63, 3.8) is 0 Å². The number of hydrogen-bond donors (Lipinski definition) is 2. The number of nitrogens with zero attached hydrogens (tertiary/aromatic N) is 3. The summed E-state index contributed by atoms with van der Waals surface area (Å²) in [5.74, 6) is 8.38. The van der Waals surface area contributed by atoms with Gasteiger partial charge in [-0.15, -0.1) is 0 Å². The van der Waals surface area contributed by atoms with E-state index in [2.05, 4.69) is 38.7 Å². The Morgan fingerprint density at radius 2 is 2.17 bits per heavy atom. The van der Waals surface area contributed by atoms with Crippen molar-refractivity contribution in [3.8, 4) is 23.3 Å². The van der Waals surface area contributed by atoms with Crippen molar-refractivity contribution in [3.05, 3.63) is 54.5 Å². The molecular weight excluding hydrogens is 382 g/mol. The predicted molar refractivity (Wildman–Crippen MR) is 111 cm³/mol. The van der Waals surface area contributed by atoms with Crippen molar-refractivity contribution >= 4 is 22.8 Å². The Bertz CT molecular complexity index is 1210. The maximum Gasteiger partial charge on any atom is 0.246 e. The number of anilines is 1. The fourth-order valence-corrected chi connectivity index (χ4v) is 3.64. The Balaban J connectivity index is 1.36. The SMILES string of the molecule is C=CC(=O)N1CC[C@@H](Nc2ncnc3[nH]c(C#Cc4ccc5c(c4)OCO5)cc23)C1. The number of benzene rings is 1. The third kappa shape index (κ3) is 3.42. The number of amides is 1. The van der Waals surface area contributed by atoms with Crippen LogP contribution >= 0.6 is 0 Å².